The molecule has 3 aromatic carbocycles. The van der Waals surface area contributed by atoms with Gasteiger partial charge in [-0.15, -0.1) is 0 Å². The normalized spacial score (nSPS) is 11.4. The van der Waals surface area contributed by atoms with Gasteiger partial charge in [0.25, 0.3) is 5.91 Å². The Morgan fingerprint density at radius 3 is 2.21 bits per heavy atom. The molecule has 0 aliphatic rings. The molecule has 224 valence electrons. The number of thioether (sulfide) groups is 1. The summed E-state index contributed by atoms with van der Waals surface area (Å²) in [5, 5.41) is 3.49. The van der Waals surface area contributed by atoms with E-state index in [0.717, 1.165) is 22.5 Å². The molecular weight excluding hydrogens is 564 g/mol. The molecule has 43 heavy (non-hydrogen) atoms. The standard InChI is InChI=1S/C33H36N4O5S/c1-21-10-7-8-11-25(21)19-37(30(38)20-43-33-34-22(2)16-23(3)35-33)31(24-12-9-13-26(17-24)40-4)32(39)36-28-15-14-27(41-5)18-29(28)42-6/h7-18,31H,19-20H2,1-6H3,(H,36,39). The van der Waals surface area contributed by atoms with Crippen molar-refractivity contribution >= 4 is 29.3 Å². The number of aromatic nitrogens is 2. The number of ether oxygens (including phenoxy) is 3. The van der Waals surface area contributed by atoms with Gasteiger partial charge in [-0.1, -0.05) is 48.2 Å². The quantitative estimate of drug-likeness (QED) is 0.158. The average molecular weight is 601 g/mol. The van der Waals surface area contributed by atoms with Crippen molar-refractivity contribution in [2.75, 3.05) is 32.4 Å². The van der Waals surface area contributed by atoms with E-state index in [-0.39, 0.29) is 18.2 Å². The number of benzene rings is 3. The molecule has 0 fully saturated rings. The van der Waals surface area contributed by atoms with Gasteiger partial charge in [0.1, 0.15) is 23.3 Å². The van der Waals surface area contributed by atoms with Gasteiger partial charge < -0.3 is 24.4 Å². The maximum atomic E-state index is 14.3. The lowest BCUT2D eigenvalue weighted by atomic mass is 10.0. The summed E-state index contributed by atoms with van der Waals surface area (Å²) in [6.07, 6.45) is 0. The summed E-state index contributed by atoms with van der Waals surface area (Å²) in [6, 6.07) is 21.0. The monoisotopic (exact) mass is 600 g/mol. The third-order valence-electron chi connectivity index (χ3n) is 6.84. The van der Waals surface area contributed by atoms with Gasteiger partial charge in [0, 0.05) is 24.0 Å². The maximum Gasteiger partial charge on any atom is 0.251 e. The molecule has 10 heteroatoms. The average Bonchev–Trinajstić information content (AvgIpc) is 3.00. The second kappa shape index (κ2) is 14.6. The first-order valence-electron chi connectivity index (χ1n) is 13.7. The summed E-state index contributed by atoms with van der Waals surface area (Å²) in [5.74, 6) is 0.956. The number of carbonyl (C=O) groups excluding carboxylic acids is 2. The van der Waals surface area contributed by atoms with Crippen molar-refractivity contribution in [3.63, 3.8) is 0 Å². The van der Waals surface area contributed by atoms with Crippen molar-refractivity contribution in [2.24, 2.45) is 0 Å². The van der Waals surface area contributed by atoms with Crippen LogP contribution in [0.4, 0.5) is 5.69 Å². The van der Waals surface area contributed by atoms with Gasteiger partial charge in [-0.3, -0.25) is 9.59 Å². The largest absolute Gasteiger partial charge is 0.497 e. The van der Waals surface area contributed by atoms with Gasteiger partial charge in [-0.2, -0.15) is 0 Å². The van der Waals surface area contributed by atoms with E-state index in [1.54, 1.807) is 55.5 Å². The Hall–Kier alpha value is -4.57. The number of nitrogens with zero attached hydrogens (tertiary/aromatic N) is 3. The molecule has 0 aliphatic heterocycles. The smallest absolute Gasteiger partial charge is 0.251 e. The zero-order chi connectivity index (χ0) is 30.9. The zero-order valence-electron chi connectivity index (χ0n) is 25.2. The zero-order valence-corrected chi connectivity index (χ0v) is 26.0. The van der Waals surface area contributed by atoms with Crippen molar-refractivity contribution in [1.82, 2.24) is 14.9 Å². The van der Waals surface area contributed by atoms with Crippen molar-refractivity contribution in [3.05, 3.63) is 101 Å². The molecule has 1 aromatic heterocycles. The Labute approximate surface area is 256 Å². The van der Waals surface area contributed by atoms with Crippen LogP contribution >= 0.6 is 11.8 Å². The number of rotatable bonds is 12. The van der Waals surface area contributed by atoms with Crippen molar-refractivity contribution in [3.8, 4) is 17.2 Å². The lowest BCUT2D eigenvalue weighted by molar-refractivity contribution is -0.137. The lowest BCUT2D eigenvalue weighted by Crippen LogP contribution is -2.42. The van der Waals surface area contributed by atoms with Gasteiger partial charge >= 0.3 is 0 Å². The number of hydrogen-bond acceptors (Lipinski definition) is 8. The fourth-order valence-corrected chi connectivity index (χ4v) is 5.48. The summed E-state index contributed by atoms with van der Waals surface area (Å²) in [7, 11) is 4.64. The Kier molecular flexibility index (Phi) is 10.6. The molecule has 4 rings (SSSR count). The SMILES string of the molecule is COc1cccc(C(C(=O)Nc2ccc(OC)cc2OC)N(Cc2ccccc2C)C(=O)CSc2nc(C)cc(C)n2)c1. The van der Waals surface area contributed by atoms with E-state index in [1.807, 2.05) is 57.2 Å². The molecule has 0 aliphatic carbocycles. The molecule has 1 N–H and O–H groups in total. The van der Waals surface area contributed by atoms with Gasteiger partial charge in [0.05, 0.1) is 32.8 Å². The van der Waals surface area contributed by atoms with E-state index < -0.39 is 11.9 Å². The highest BCUT2D eigenvalue weighted by molar-refractivity contribution is 7.99. The summed E-state index contributed by atoms with van der Waals surface area (Å²) in [6.45, 7) is 5.97. The van der Waals surface area contributed by atoms with Crippen molar-refractivity contribution in [1.29, 1.82) is 0 Å². The second-order valence-corrected chi connectivity index (χ2v) is 10.8. The minimum absolute atomic E-state index is 0.0361. The van der Waals surface area contributed by atoms with Gasteiger partial charge in [0.15, 0.2) is 5.16 Å². The van der Waals surface area contributed by atoms with Crippen LogP contribution in [0.2, 0.25) is 0 Å². The molecule has 1 atom stereocenters. The first-order valence-corrected chi connectivity index (χ1v) is 14.7. The molecule has 1 heterocycles. The van der Waals surface area contributed by atoms with Crippen LogP contribution in [0.1, 0.15) is 34.1 Å². The molecular formula is C33H36N4O5S. The van der Waals surface area contributed by atoms with Crippen LogP contribution in [0.3, 0.4) is 0 Å². The van der Waals surface area contributed by atoms with Crippen LogP contribution in [0, 0.1) is 20.8 Å². The highest BCUT2D eigenvalue weighted by Gasteiger charge is 2.33. The Bertz CT molecular complexity index is 1580. The second-order valence-electron chi connectivity index (χ2n) is 9.90. The molecule has 0 spiro atoms. The summed E-state index contributed by atoms with van der Waals surface area (Å²) < 4.78 is 16.3. The minimum Gasteiger partial charge on any atom is -0.497 e. The van der Waals surface area contributed by atoms with E-state index in [0.29, 0.717) is 33.7 Å². The van der Waals surface area contributed by atoms with Gasteiger partial charge in [-0.25, -0.2) is 9.97 Å². The molecule has 0 radical (unpaired) electrons. The topological polar surface area (TPSA) is 103 Å². The first-order chi connectivity index (χ1) is 20.7. The molecule has 0 saturated heterocycles. The van der Waals surface area contributed by atoms with Crippen molar-refractivity contribution < 1.29 is 23.8 Å². The predicted octanol–water partition coefficient (Wildman–Crippen LogP) is 5.93. The number of aryl methyl sites for hydroxylation is 3. The lowest BCUT2D eigenvalue weighted by Gasteiger charge is -2.32. The van der Waals surface area contributed by atoms with E-state index in [1.165, 1.54) is 18.9 Å². The Morgan fingerprint density at radius 2 is 1.53 bits per heavy atom. The fraction of sp³-hybridized carbons (Fsp3) is 0.273. The minimum atomic E-state index is -1.00. The Balaban J connectivity index is 1.76. The Morgan fingerprint density at radius 1 is 0.837 bits per heavy atom. The highest BCUT2D eigenvalue weighted by atomic mass is 32.2. The van der Waals surface area contributed by atoms with Crippen LogP contribution in [0.25, 0.3) is 0 Å². The summed E-state index contributed by atoms with van der Waals surface area (Å²) >= 11 is 1.24. The fourth-order valence-electron chi connectivity index (χ4n) is 4.65. The third-order valence-corrected chi connectivity index (χ3v) is 7.68. The van der Waals surface area contributed by atoms with Crippen LogP contribution in [0.15, 0.2) is 78.0 Å². The molecule has 4 aromatic rings. The summed E-state index contributed by atoms with van der Waals surface area (Å²) in [4.78, 5) is 38.9. The third kappa shape index (κ3) is 8.04. The number of hydrogen-bond donors (Lipinski definition) is 1. The first kappa shape index (κ1) is 31.4. The predicted molar refractivity (Wildman–Crippen MR) is 168 cm³/mol. The maximum absolute atomic E-state index is 14.3. The van der Waals surface area contributed by atoms with Gasteiger partial charge in [-0.05, 0) is 67.8 Å². The van der Waals surface area contributed by atoms with Crippen LogP contribution in [-0.2, 0) is 16.1 Å². The molecule has 0 saturated carbocycles. The number of carbonyl (C=O) groups is 2. The number of nitrogens with one attached hydrogen (secondary N) is 1. The van der Waals surface area contributed by atoms with Crippen LogP contribution in [0.5, 0.6) is 17.2 Å². The molecule has 0 bridgehead atoms. The molecule has 2 amide bonds. The van der Waals surface area contributed by atoms with Crippen LogP contribution < -0.4 is 19.5 Å². The number of methoxy groups -OCH3 is 3. The van der Waals surface area contributed by atoms with E-state index in [4.69, 9.17) is 14.2 Å². The van der Waals surface area contributed by atoms with Gasteiger partial charge in [0.2, 0.25) is 5.91 Å². The van der Waals surface area contributed by atoms with E-state index in [2.05, 4.69) is 15.3 Å². The van der Waals surface area contributed by atoms with E-state index in [9.17, 15) is 9.59 Å². The van der Waals surface area contributed by atoms with Crippen LogP contribution in [-0.4, -0.2) is 53.8 Å². The summed E-state index contributed by atoms with van der Waals surface area (Å²) in [5.41, 5.74) is 4.61. The molecule has 9 nitrogen and oxygen atoms in total. The molecule has 1 unspecified atom stereocenters. The number of anilines is 1. The van der Waals surface area contributed by atoms with E-state index >= 15 is 0 Å². The van der Waals surface area contributed by atoms with Crippen molar-refractivity contribution in [2.45, 2.75) is 38.5 Å². The number of amides is 2. The highest BCUT2D eigenvalue weighted by Crippen LogP contribution is 2.33.